The van der Waals surface area contributed by atoms with Gasteiger partial charge in [-0.2, -0.15) is 4.98 Å². The van der Waals surface area contributed by atoms with Gasteiger partial charge in [-0.25, -0.2) is 4.98 Å². The molecule has 0 fully saturated rings. The number of hydrogen-bond donors (Lipinski definition) is 2. The van der Waals surface area contributed by atoms with Crippen LogP contribution >= 0.6 is 0 Å². The molecule has 1 amide bonds. The molecule has 0 aliphatic heterocycles. The minimum absolute atomic E-state index is 0.190. The van der Waals surface area contributed by atoms with Crippen LogP contribution in [0.4, 0.5) is 23.0 Å². The SMILES string of the molecule is C=CC(=O)Nc1cc(Nc2ncc3cc(-c4ccc(OC)cc4)c(=O)n(C)c3n2)c(OC)cc1N(C)CCN(C)C. The Labute approximate surface area is 239 Å². The first kappa shape index (κ1) is 29.1. The molecule has 0 spiro atoms. The van der Waals surface area contributed by atoms with E-state index in [0.29, 0.717) is 39.5 Å². The van der Waals surface area contributed by atoms with Crippen LogP contribution in [0.25, 0.3) is 22.2 Å². The summed E-state index contributed by atoms with van der Waals surface area (Å²) in [4.78, 5) is 38.7. The summed E-state index contributed by atoms with van der Waals surface area (Å²) in [6, 6.07) is 12.7. The molecule has 0 radical (unpaired) electrons. The van der Waals surface area contributed by atoms with Crippen LogP contribution in [-0.2, 0) is 11.8 Å². The van der Waals surface area contributed by atoms with Gasteiger partial charge in [-0.1, -0.05) is 18.7 Å². The maximum Gasteiger partial charge on any atom is 0.259 e. The Morgan fingerprint density at radius 1 is 1.05 bits per heavy atom. The first-order chi connectivity index (χ1) is 19.6. The zero-order chi connectivity index (χ0) is 29.7. The third kappa shape index (κ3) is 6.47. The molecule has 0 atom stereocenters. The van der Waals surface area contributed by atoms with Gasteiger partial charge in [0.2, 0.25) is 11.9 Å². The number of pyridine rings is 1. The van der Waals surface area contributed by atoms with Gasteiger partial charge in [-0.3, -0.25) is 14.2 Å². The van der Waals surface area contributed by atoms with E-state index in [-0.39, 0.29) is 17.4 Å². The molecule has 0 saturated carbocycles. The molecule has 0 saturated heterocycles. The van der Waals surface area contributed by atoms with Crippen molar-refractivity contribution in [3.8, 4) is 22.6 Å². The number of nitrogens with zero attached hydrogens (tertiary/aromatic N) is 5. The minimum Gasteiger partial charge on any atom is -0.497 e. The second-order valence-corrected chi connectivity index (χ2v) is 9.74. The number of likely N-dealkylation sites (N-methyl/N-ethyl adjacent to an activating group) is 2. The maximum atomic E-state index is 13.3. The van der Waals surface area contributed by atoms with Gasteiger partial charge in [0.05, 0.1) is 31.3 Å². The number of amides is 1. The third-order valence-electron chi connectivity index (χ3n) is 6.65. The Balaban J connectivity index is 1.72. The lowest BCUT2D eigenvalue weighted by Crippen LogP contribution is -2.29. The van der Waals surface area contributed by atoms with Crippen molar-refractivity contribution >= 4 is 40.0 Å². The van der Waals surface area contributed by atoms with E-state index in [1.54, 1.807) is 39.6 Å². The number of carbonyl (C=O) groups excluding carboxylic acids is 1. The van der Waals surface area contributed by atoms with E-state index in [4.69, 9.17) is 9.47 Å². The fourth-order valence-electron chi connectivity index (χ4n) is 4.31. The fraction of sp³-hybridized carbons (Fsp3) is 0.267. The van der Waals surface area contributed by atoms with Crippen molar-refractivity contribution < 1.29 is 14.3 Å². The van der Waals surface area contributed by atoms with E-state index >= 15 is 0 Å². The number of methoxy groups -OCH3 is 2. The summed E-state index contributed by atoms with van der Waals surface area (Å²) >= 11 is 0. The monoisotopic (exact) mass is 557 g/mol. The van der Waals surface area contributed by atoms with Crippen LogP contribution in [0.3, 0.4) is 0 Å². The molecule has 41 heavy (non-hydrogen) atoms. The molecule has 2 aromatic heterocycles. The quantitative estimate of drug-likeness (QED) is 0.265. The number of fused-ring (bicyclic) bond motifs is 1. The molecular formula is C30H35N7O4. The smallest absolute Gasteiger partial charge is 0.259 e. The summed E-state index contributed by atoms with van der Waals surface area (Å²) in [5.41, 5.74) is 3.45. The highest BCUT2D eigenvalue weighted by atomic mass is 16.5. The zero-order valence-electron chi connectivity index (χ0n) is 24.2. The predicted octanol–water partition coefficient (Wildman–Crippen LogP) is 3.88. The number of nitrogens with one attached hydrogen (secondary N) is 2. The van der Waals surface area contributed by atoms with Crippen LogP contribution < -0.4 is 30.6 Å². The summed E-state index contributed by atoms with van der Waals surface area (Å²) in [5, 5.41) is 6.77. The van der Waals surface area contributed by atoms with Crippen LogP contribution in [0, 0.1) is 0 Å². The third-order valence-corrected chi connectivity index (χ3v) is 6.65. The lowest BCUT2D eigenvalue weighted by molar-refractivity contribution is -0.111. The van der Waals surface area contributed by atoms with Crippen LogP contribution in [0.2, 0.25) is 0 Å². The molecule has 2 N–H and O–H groups in total. The minimum atomic E-state index is -0.340. The largest absolute Gasteiger partial charge is 0.497 e. The van der Waals surface area contributed by atoms with Crippen LogP contribution in [0.15, 0.2) is 66.1 Å². The summed E-state index contributed by atoms with van der Waals surface area (Å²) in [6.45, 7) is 5.11. The zero-order valence-corrected chi connectivity index (χ0v) is 24.2. The second kappa shape index (κ2) is 12.5. The molecule has 0 unspecified atom stereocenters. The predicted molar refractivity (Wildman–Crippen MR) is 164 cm³/mol. The van der Waals surface area contributed by atoms with E-state index in [1.807, 2.05) is 56.4 Å². The van der Waals surface area contributed by atoms with E-state index in [2.05, 4.69) is 32.1 Å². The molecule has 2 heterocycles. The van der Waals surface area contributed by atoms with Gasteiger partial charge in [0.1, 0.15) is 17.1 Å². The lowest BCUT2D eigenvalue weighted by Gasteiger charge is -2.26. The van der Waals surface area contributed by atoms with Gasteiger partial charge in [-0.05, 0) is 50.0 Å². The number of ether oxygens (including phenoxy) is 2. The number of anilines is 4. The highest BCUT2D eigenvalue weighted by Gasteiger charge is 2.17. The first-order valence-corrected chi connectivity index (χ1v) is 12.9. The van der Waals surface area contributed by atoms with Crippen molar-refractivity contribution in [1.29, 1.82) is 0 Å². The molecule has 0 aliphatic carbocycles. The molecule has 11 nitrogen and oxygen atoms in total. The molecule has 4 aromatic rings. The number of hydrogen-bond acceptors (Lipinski definition) is 9. The Bertz CT molecular complexity index is 1630. The molecule has 0 aliphatic rings. The molecule has 214 valence electrons. The normalized spacial score (nSPS) is 10.9. The second-order valence-electron chi connectivity index (χ2n) is 9.74. The summed E-state index contributed by atoms with van der Waals surface area (Å²) in [6.07, 6.45) is 2.88. The molecular weight excluding hydrogens is 522 g/mol. The average molecular weight is 558 g/mol. The van der Waals surface area contributed by atoms with E-state index < -0.39 is 0 Å². The first-order valence-electron chi connectivity index (χ1n) is 12.9. The standard InChI is InChI=1S/C30H35N7O4/c1-8-27(38)32-23-16-24(26(41-7)17-25(23)36(4)14-13-35(2)3)33-30-31-18-20-15-22(29(39)37(5)28(20)34-30)19-9-11-21(40-6)12-10-19/h8-12,15-18H,1,13-14H2,2-7H3,(H,32,38)(H,31,33,34). The Kier molecular flexibility index (Phi) is 8.88. The number of carbonyl (C=O) groups is 1. The van der Waals surface area contributed by atoms with Crippen molar-refractivity contribution in [2.75, 3.05) is 64.0 Å². The molecule has 2 aromatic carbocycles. The van der Waals surface area contributed by atoms with Gasteiger partial charge in [0, 0.05) is 50.4 Å². The Morgan fingerprint density at radius 2 is 1.78 bits per heavy atom. The maximum absolute atomic E-state index is 13.3. The van der Waals surface area contributed by atoms with Crippen molar-refractivity contribution in [3.05, 3.63) is 71.7 Å². The van der Waals surface area contributed by atoms with E-state index in [1.165, 1.54) is 10.6 Å². The van der Waals surface area contributed by atoms with Gasteiger partial charge in [-0.15, -0.1) is 0 Å². The number of aromatic nitrogens is 3. The lowest BCUT2D eigenvalue weighted by atomic mass is 10.1. The van der Waals surface area contributed by atoms with Gasteiger partial charge >= 0.3 is 0 Å². The van der Waals surface area contributed by atoms with Crippen LogP contribution in [-0.4, -0.2) is 73.8 Å². The van der Waals surface area contributed by atoms with E-state index in [0.717, 1.165) is 24.3 Å². The van der Waals surface area contributed by atoms with Crippen LogP contribution in [0.5, 0.6) is 11.5 Å². The van der Waals surface area contributed by atoms with Gasteiger partial charge < -0.3 is 29.9 Å². The summed E-state index contributed by atoms with van der Waals surface area (Å²) in [5.74, 6) is 1.16. The summed E-state index contributed by atoms with van der Waals surface area (Å²) in [7, 11) is 10.8. The average Bonchev–Trinajstić information content (AvgIpc) is 2.98. The topological polar surface area (TPSA) is 114 Å². The van der Waals surface area contributed by atoms with Crippen molar-refractivity contribution in [1.82, 2.24) is 19.4 Å². The van der Waals surface area contributed by atoms with Crippen LogP contribution in [0.1, 0.15) is 0 Å². The molecule has 11 heteroatoms. The van der Waals surface area contributed by atoms with Crippen molar-refractivity contribution in [2.45, 2.75) is 0 Å². The van der Waals surface area contributed by atoms with Gasteiger partial charge in [0.15, 0.2) is 0 Å². The van der Waals surface area contributed by atoms with Crippen molar-refractivity contribution in [3.63, 3.8) is 0 Å². The molecule has 0 bridgehead atoms. The van der Waals surface area contributed by atoms with Crippen molar-refractivity contribution in [2.24, 2.45) is 7.05 Å². The number of rotatable bonds is 11. The highest BCUT2D eigenvalue weighted by Crippen LogP contribution is 2.38. The highest BCUT2D eigenvalue weighted by molar-refractivity contribution is 6.02. The Morgan fingerprint density at radius 3 is 2.41 bits per heavy atom. The van der Waals surface area contributed by atoms with Gasteiger partial charge in [0.25, 0.3) is 5.56 Å². The molecule has 4 rings (SSSR count). The fourth-order valence-corrected chi connectivity index (χ4v) is 4.31. The Hall–Kier alpha value is -4.90. The number of benzene rings is 2. The van der Waals surface area contributed by atoms with E-state index in [9.17, 15) is 9.59 Å². The summed E-state index contributed by atoms with van der Waals surface area (Å²) < 4.78 is 12.4. The number of aryl methyl sites for hydroxylation is 1.